The molecule has 0 bridgehead atoms. The van der Waals surface area contributed by atoms with E-state index in [1.165, 1.54) is 121 Å². The van der Waals surface area contributed by atoms with E-state index in [1.807, 2.05) is 6.08 Å². The third-order valence-corrected chi connectivity index (χ3v) is 8.40. The molecule has 1 amide bonds. The molecule has 0 saturated carbocycles. The first-order valence-corrected chi connectivity index (χ1v) is 18.1. The van der Waals surface area contributed by atoms with E-state index in [0.29, 0.717) is 6.42 Å². The second-order valence-corrected chi connectivity index (χ2v) is 12.6. The van der Waals surface area contributed by atoms with Crippen molar-refractivity contribution in [2.24, 2.45) is 0 Å². The third-order valence-electron chi connectivity index (χ3n) is 8.40. The topological polar surface area (TPSA) is 89.8 Å². The molecule has 42 heavy (non-hydrogen) atoms. The van der Waals surface area contributed by atoms with Crippen LogP contribution in [0.2, 0.25) is 0 Å². The largest absolute Gasteiger partial charge is 0.394 e. The zero-order chi connectivity index (χ0) is 31.1. The van der Waals surface area contributed by atoms with Crippen molar-refractivity contribution in [2.45, 2.75) is 200 Å². The van der Waals surface area contributed by atoms with Crippen LogP contribution in [0.3, 0.4) is 0 Å². The molecule has 0 aromatic heterocycles. The van der Waals surface area contributed by atoms with E-state index in [1.54, 1.807) is 6.08 Å². The van der Waals surface area contributed by atoms with Crippen molar-refractivity contribution in [3.63, 3.8) is 0 Å². The Kier molecular flexibility index (Phi) is 30.4. The summed E-state index contributed by atoms with van der Waals surface area (Å²) in [7, 11) is 0. The molecule has 0 heterocycles. The zero-order valence-corrected chi connectivity index (χ0v) is 28.1. The Bertz CT molecular complexity index is 648. The Balaban J connectivity index is 3.90. The van der Waals surface area contributed by atoms with Crippen LogP contribution in [0.1, 0.15) is 181 Å². The molecule has 0 aliphatic rings. The number of unbranched alkanes of at least 4 members (excludes halogenated alkanes) is 20. The Morgan fingerprint density at radius 3 is 1.60 bits per heavy atom. The van der Waals surface area contributed by atoms with E-state index in [9.17, 15) is 20.1 Å². The number of aliphatic hydroxyl groups is 3. The molecule has 0 saturated heterocycles. The predicted octanol–water partition coefficient (Wildman–Crippen LogP) is 9.48. The number of hydrogen-bond donors (Lipinski definition) is 4. The molecule has 0 rings (SSSR count). The van der Waals surface area contributed by atoms with Crippen molar-refractivity contribution in [3.8, 4) is 0 Å². The maximum atomic E-state index is 12.4. The van der Waals surface area contributed by atoms with Gasteiger partial charge in [-0.2, -0.15) is 0 Å². The minimum absolute atomic E-state index is 0.375. The minimum Gasteiger partial charge on any atom is -0.394 e. The molecular weight excluding hydrogens is 522 g/mol. The molecule has 0 radical (unpaired) electrons. The number of allylic oxidation sites excluding steroid dienone is 3. The minimum atomic E-state index is -1.10. The van der Waals surface area contributed by atoms with E-state index in [2.05, 4.69) is 32.2 Å². The summed E-state index contributed by atoms with van der Waals surface area (Å²) in [6.45, 7) is 6.33. The van der Waals surface area contributed by atoms with Gasteiger partial charge in [0.15, 0.2) is 0 Å². The van der Waals surface area contributed by atoms with Gasteiger partial charge >= 0.3 is 0 Å². The first-order valence-electron chi connectivity index (χ1n) is 18.1. The number of carbonyl (C=O) groups is 1. The Hall–Kier alpha value is -1.17. The first kappa shape index (κ1) is 40.8. The van der Waals surface area contributed by atoms with Gasteiger partial charge in [-0.05, 0) is 39.0 Å². The van der Waals surface area contributed by atoms with Gasteiger partial charge in [-0.25, -0.2) is 0 Å². The molecule has 0 aliphatic heterocycles. The van der Waals surface area contributed by atoms with E-state index >= 15 is 0 Å². The van der Waals surface area contributed by atoms with Crippen LogP contribution in [0, 0.1) is 0 Å². The fourth-order valence-electron chi connectivity index (χ4n) is 5.44. The van der Waals surface area contributed by atoms with Crippen LogP contribution in [0.15, 0.2) is 23.8 Å². The average molecular weight is 594 g/mol. The van der Waals surface area contributed by atoms with Crippen LogP contribution in [0.25, 0.3) is 0 Å². The zero-order valence-electron chi connectivity index (χ0n) is 28.1. The normalized spacial score (nSPS) is 14.4. The molecule has 4 N–H and O–H groups in total. The fraction of sp³-hybridized carbons (Fsp3) is 0.865. The summed E-state index contributed by atoms with van der Waals surface area (Å²) >= 11 is 0. The lowest BCUT2D eigenvalue weighted by Gasteiger charge is -2.21. The van der Waals surface area contributed by atoms with Gasteiger partial charge in [0.2, 0.25) is 5.91 Å². The van der Waals surface area contributed by atoms with E-state index < -0.39 is 24.2 Å². The molecule has 0 aromatic rings. The smallest absolute Gasteiger partial charge is 0.249 e. The molecule has 248 valence electrons. The molecule has 5 heteroatoms. The van der Waals surface area contributed by atoms with Crippen LogP contribution >= 0.6 is 0 Å². The van der Waals surface area contributed by atoms with E-state index in [0.717, 1.165) is 38.5 Å². The summed E-state index contributed by atoms with van der Waals surface area (Å²) in [5, 5.41) is 33.0. The SMILES string of the molecule is CCCCCCCCCCCCCCCC[C@@H](O)C(=O)N[C@H](CO)[C@@H](O)/C=C/CC/C=C(\C)CCCCCCCCC. The Morgan fingerprint density at radius 1 is 0.667 bits per heavy atom. The summed E-state index contributed by atoms with van der Waals surface area (Å²) in [6, 6.07) is -0.811. The summed E-state index contributed by atoms with van der Waals surface area (Å²) in [6.07, 6.45) is 34.0. The highest BCUT2D eigenvalue weighted by atomic mass is 16.3. The van der Waals surface area contributed by atoms with Gasteiger partial charge in [0.05, 0.1) is 18.8 Å². The molecule has 3 atom stereocenters. The van der Waals surface area contributed by atoms with Crippen molar-refractivity contribution in [1.82, 2.24) is 5.32 Å². The maximum Gasteiger partial charge on any atom is 0.249 e. The van der Waals surface area contributed by atoms with Crippen molar-refractivity contribution in [2.75, 3.05) is 6.61 Å². The van der Waals surface area contributed by atoms with Crippen molar-refractivity contribution in [3.05, 3.63) is 23.8 Å². The van der Waals surface area contributed by atoms with E-state index in [4.69, 9.17) is 0 Å². The van der Waals surface area contributed by atoms with Crippen LogP contribution < -0.4 is 5.32 Å². The maximum absolute atomic E-state index is 12.4. The van der Waals surface area contributed by atoms with Gasteiger partial charge in [-0.3, -0.25) is 4.79 Å². The summed E-state index contributed by atoms with van der Waals surface area (Å²) in [5.41, 5.74) is 1.42. The molecule has 0 spiro atoms. The highest BCUT2D eigenvalue weighted by Crippen LogP contribution is 2.15. The third kappa shape index (κ3) is 26.5. The number of carbonyl (C=O) groups excluding carboxylic acids is 1. The van der Waals surface area contributed by atoms with Gasteiger partial charge in [-0.15, -0.1) is 0 Å². The second-order valence-electron chi connectivity index (χ2n) is 12.6. The number of hydrogen-bond acceptors (Lipinski definition) is 4. The Labute approximate surface area is 261 Å². The molecule has 5 nitrogen and oxygen atoms in total. The van der Waals surface area contributed by atoms with Crippen LogP contribution in [0.4, 0.5) is 0 Å². The average Bonchev–Trinajstić information content (AvgIpc) is 2.98. The summed E-state index contributed by atoms with van der Waals surface area (Å²) in [4.78, 5) is 12.4. The van der Waals surface area contributed by atoms with Gasteiger partial charge in [0, 0.05) is 0 Å². The lowest BCUT2D eigenvalue weighted by Crippen LogP contribution is -2.48. The predicted molar refractivity (Wildman–Crippen MR) is 181 cm³/mol. The molecule has 0 aliphatic carbocycles. The van der Waals surface area contributed by atoms with E-state index in [-0.39, 0.29) is 6.61 Å². The highest BCUT2D eigenvalue weighted by molar-refractivity contribution is 5.80. The van der Waals surface area contributed by atoms with Crippen molar-refractivity contribution < 1.29 is 20.1 Å². The quantitative estimate of drug-likeness (QED) is 0.0476. The fourth-order valence-corrected chi connectivity index (χ4v) is 5.44. The monoisotopic (exact) mass is 594 g/mol. The van der Waals surface area contributed by atoms with Crippen LogP contribution in [0.5, 0.6) is 0 Å². The van der Waals surface area contributed by atoms with Gasteiger partial charge in [0.1, 0.15) is 6.10 Å². The lowest BCUT2D eigenvalue weighted by atomic mass is 10.0. The van der Waals surface area contributed by atoms with Crippen molar-refractivity contribution in [1.29, 1.82) is 0 Å². The first-order chi connectivity index (χ1) is 20.5. The molecule has 0 fully saturated rings. The van der Waals surface area contributed by atoms with Crippen molar-refractivity contribution >= 4 is 5.91 Å². The number of aliphatic hydroxyl groups excluding tert-OH is 3. The van der Waals surface area contributed by atoms with Crippen LogP contribution in [-0.2, 0) is 4.79 Å². The van der Waals surface area contributed by atoms with Crippen LogP contribution in [-0.4, -0.2) is 46.1 Å². The molecule has 0 unspecified atom stereocenters. The van der Waals surface area contributed by atoms with Gasteiger partial charge in [0.25, 0.3) is 0 Å². The number of rotatable bonds is 31. The number of nitrogens with one attached hydrogen (secondary N) is 1. The second kappa shape index (κ2) is 31.3. The number of amides is 1. The van der Waals surface area contributed by atoms with Gasteiger partial charge in [-0.1, -0.05) is 166 Å². The standard InChI is InChI=1S/C37H71NO4/c1-4-6-8-10-12-13-14-15-16-17-18-20-22-26-31-36(41)37(42)38-34(32-39)35(40)30-27-23-25-29-33(3)28-24-21-19-11-9-7-5-2/h27,29-30,34-36,39-41H,4-26,28,31-32H2,1-3H3,(H,38,42)/b30-27+,33-29+/t34-,35+,36-/m1/s1. The highest BCUT2D eigenvalue weighted by Gasteiger charge is 2.22. The molecule has 0 aromatic carbocycles. The molecular formula is C37H71NO4. The summed E-state index contributed by atoms with van der Waals surface area (Å²) < 4.78 is 0. The Morgan fingerprint density at radius 2 is 1.12 bits per heavy atom. The van der Waals surface area contributed by atoms with Gasteiger partial charge < -0.3 is 20.6 Å². The summed E-state index contributed by atoms with van der Waals surface area (Å²) in [5.74, 6) is -0.514. The lowest BCUT2D eigenvalue weighted by molar-refractivity contribution is -0.131.